The normalized spacial score (nSPS) is 33.6. The summed E-state index contributed by atoms with van der Waals surface area (Å²) in [6.45, 7) is 4.82. The lowest BCUT2D eigenvalue weighted by molar-refractivity contribution is 0.324. The minimum absolute atomic E-state index is 0.601. The molecule has 0 heterocycles. The van der Waals surface area contributed by atoms with Gasteiger partial charge in [-0.2, -0.15) is 0 Å². The molecule has 0 amide bonds. The smallest absolute Gasteiger partial charge is 0.0351 e. The summed E-state index contributed by atoms with van der Waals surface area (Å²) in [5, 5.41) is 3.97. The summed E-state index contributed by atoms with van der Waals surface area (Å²) in [7, 11) is 0. The van der Waals surface area contributed by atoms with E-state index in [2.05, 4.69) is 49.5 Å². The van der Waals surface area contributed by atoms with Crippen LogP contribution in [0.25, 0.3) is 0 Å². The number of nitrogens with one attached hydrogen (secondary N) is 1. The van der Waals surface area contributed by atoms with E-state index in [1.165, 1.54) is 31.2 Å². The van der Waals surface area contributed by atoms with Gasteiger partial charge in [0.1, 0.15) is 0 Å². The van der Waals surface area contributed by atoms with Gasteiger partial charge in [0.15, 0.2) is 0 Å². The molecule has 0 spiro atoms. The van der Waals surface area contributed by atoms with Gasteiger partial charge < -0.3 is 5.32 Å². The SMILES string of the molecule is CC1CCC(NC(c2ccccc2)C2CC2)C1C. The maximum Gasteiger partial charge on any atom is 0.0351 e. The van der Waals surface area contributed by atoms with E-state index in [4.69, 9.17) is 0 Å². The van der Waals surface area contributed by atoms with Crippen LogP contribution in [0.2, 0.25) is 0 Å². The van der Waals surface area contributed by atoms with Crippen LogP contribution in [0.5, 0.6) is 0 Å². The molecule has 1 heteroatoms. The van der Waals surface area contributed by atoms with Crippen molar-refractivity contribution in [1.82, 2.24) is 5.32 Å². The summed E-state index contributed by atoms with van der Waals surface area (Å²) in [6.07, 6.45) is 5.57. The molecule has 0 aromatic heterocycles. The highest BCUT2D eigenvalue weighted by atomic mass is 15.0. The van der Waals surface area contributed by atoms with Crippen molar-refractivity contribution in [3.8, 4) is 0 Å². The molecular weight excluding hydrogens is 218 g/mol. The van der Waals surface area contributed by atoms with Crippen molar-refractivity contribution in [1.29, 1.82) is 0 Å². The number of benzene rings is 1. The lowest BCUT2D eigenvalue weighted by Crippen LogP contribution is -2.36. The zero-order valence-electron chi connectivity index (χ0n) is 11.6. The highest BCUT2D eigenvalue weighted by molar-refractivity contribution is 5.21. The summed E-state index contributed by atoms with van der Waals surface area (Å²) in [5.74, 6) is 2.60. The van der Waals surface area contributed by atoms with Crippen molar-refractivity contribution in [2.75, 3.05) is 0 Å². The van der Waals surface area contributed by atoms with Crippen LogP contribution in [0, 0.1) is 17.8 Å². The van der Waals surface area contributed by atoms with Crippen LogP contribution in [-0.2, 0) is 0 Å². The van der Waals surface area contributed by atoms with Crippen LogP contribution in [-0.4, -0.2) is 6.04 Å². The molecule has 0 saturated heterocycles. The molecule has 1 N–H and O–H groups in total. The molecular formula is C17H25N. The van der Waals surface area contributed by atoms with E-state index in [1.54, 1.807) is 0 Å². The lowest BCUT2D eigenvalue weighted by atomic mass is 9.95. The average Bonchev–Trinajstić information content (AvgIpc) is 3.19. The molecule has 18 heavy (non-hydrogen) atoms. The first-order valence-electron chi connectivity index (χ1n) is 7.56. The summed E-state index contributed by atoms with van der Waals surface area (Å²) >= 11 is 0. The van der Waals surface area contributed by atoms with Crippen LogP contribution in [0.4, 0.5) is 0 Å². The molecule has 4 unspecified atom stereocenters. The van der Waals surface area contributed by atoms with Gasteiger partial charge in [-0.3, -0.25) is 0 Å². The molecule has 1 nitrogen and oxygen atoms in total. The summed E-state index contributed by atoms with van der Waals surface area (Å²) in [5.41, 5.74) is 1.49. The highest BCUT2D eigenvalue weighted by Gasteiger charge is 2.37. The monoisotopic (exact) mass is 243 g/mol. The van der Waals surface area contributed by atoms with Gasteiger partial charge in [-0.25, -0.2) is 0 Å². The third-order valence-electron chi connectivity index (χ3n) is 5.11. The summed E-state index contributed by atoms with van der Waals surface area (Å²) in [6, 6.07) is 12.4. The second-order valence-electron chi connectivity index (χ2n) is 6.41. The Morgan fingerprint density at radius 3 is 2.28 bits per heavy atom. The molecule has 1 aromatic rings. The molecule has 3 rings (SSSR count). The number of hydrogen-bond donors (Lipinski definition) is 1. The molecule has 2 aliphatic rings. The Bertz CT molecular complexity index is 382. The standard InChI is InChI=1S/C17H25N/c1-12-8-11-16(13(12)2)18-17(15-9-10-15)14-6-4-3-5-7-14/h3-7,12-13,15-18H,8-11H2,1-2H3. The molecule has 0 radical (unpaired) electrons. The fourth-order valence-electron chi connectivity index (χ4n) is 3.42. The quantitative estimate of drug-likeness (QED) is 0.837. The van der Waals surface area contributed by atoms with E-state index in [0.29, 0.717) is 6.04 Å². The zero-order chi connectivity index (χ0) is 12.5. The van der Waals surface area contributed by atoms with Gasteiger partial charge >= 0.3 is 0 Å². The predicted molar refractivity (Wildman–Crippen MR) is 76.4 cm³/mol. The van der Waals surface area contributed by atoms with E-state index in [-0.39, 0.29) is 0 Å². The molecule has 0 aliphatic heterocycles. The number of rotatable bonds is 4. The first-order valence-corrected chi connectivity index (χ1v) is 7.56. The topological polar surface area (TPSA) is 12.0 Å². The summed E-state index contributed by atoms with van der Waals surface area (Å²) < 4.78 is 0. The Morgan fingerprint density at radius 1 is 1.00 bits per heavy atom. The third kappa shape index (κ3) is 2.47. The molecule has 2 aliphatic carbocycles. The van der Waals surface area contributed by atoms with Gasteiger partial charge in [0.05, 0.1) is 0 Å². The van der Waals surface area contributed by atoms with Crippen LogP contribution in [0.3, 0.4) is 0 Å². The summed E-state index contributed by atoms with van der Waals surface area (Å²) in [4.78, 5) is 0. The van der Waals surface area contributed by atoms with Gasteiger partial charge in [-0.1, -0.05) is 44.2 Å². The van der Waals surface area contributed by atoms with E-state index < -0.39 is 0 Å². The minimum atomic E-state index is 0.601. The predicted octanol–water partition coefficient (Wildman–Crippen LogP) is 4.16. The fraction of sp³-hybridized carbons (Fsp3) is 0.647. The largest absolute Gasteiger partial charge is 0.307 e. The minimum Gasteiger partial charge on any atom is -0.307 e. The van der Waals surface area contributed by atoms with Crippen molar-refractivity contribution in [3.63, 3.8) is 0 Å². The highest BCUT2D eigenvalue weighted by Crippen LogP contribution is 2.43. The van der Waals surface area contributed by atoms with Crippen molar-refractivity contribution in [2.45, 2.75) is 51.6 Å². The zero-order valence-corrected chi connectivity index (χ0v) is 11.6. The molecule has 0 bridgehead atoms. The fourth-order valence-corrected chi connectivity index (χ4v) is 3.42. The second-order valence-corrected chi connectivity index (χ2v) is 6.41. The van der Waals surface area contributed by atoms with Gasteiger partial charge in [0.2, 0.25) is 0 Å². The Balaban J connectivity index is 1.72. The van der Waals surface area contributed by atoms with Crippen LogP contribution < -0.4 is 5.32 Å². The van der Waals surface area contributed by atoms with Crippen LogP contribution in [0.15, 0.2) is 30.3 Å². The second kappa shape index (κ2) is 5.05. The Labute approximate surface area is 111 Å². The Morgan fingerprint density at radius 2 is 1.72 bits per heavy atom. The van der Waals surface area contributed by atoms with Gasteiger partial charge in [-0.05, 0) is 49.0 Å². The van der Waals surface area contributed by atoms with Crippen LogP contribution >= 0.6 is 0 Å². The van der Waals surface area contributed by atoms with Crippen molar-refractivity contribution in [3.05, 3.63) is 35.9 Å². The van der Waals surface area contributed by atoms with E-state index >= 15 is 0 Å². The molecule has 98 valence electrons. The van der Waals surface area contributed by atoms with Gasteiger partial charge in [-0.15, -0.1) is 0 Å². The molecule has 1 aromatic carbocycles. The van der Waals surface area contributed by atoms with Crippen molar-refractivity contribution < 1.29 is 0 Å². The first kappa shape index (κ1) is 12.2. The maximum atomic E-state index is 3.97. The van der Waals surface area contributed by atoms with E-state index in [0.717, 1.165) is 23.8 Å². The van der Waals surface area contributed by atoms with Crippen LogP contribution in [0.1, 0.15) is 51.1 Å². The van der Waals surface area contributed by atoms with Crippen molar-refractivity contribution >= 4 is 0 Å². The van der Waals surface area contributed by atoms with Gasteiger partial charge in [0.25, 0.3) is 0 Å². The average molecular weight is 243 g/mol. The Hall–Kier alpha value is -0.820. The lowest BCUT2D eigenvalue weighted by Gasteiger charge is -2.27. The van der Waals surface area contributed by atoms with Crippen molar-refractivity contribution in [2.24, 2.45) is 17.8 Å². The molecule has 2 saturated carbocycles. The molecule has 2 fully saturated rings. The van der Waals surface area contributed by atoms with Gasteiger partial charge in [0, 0.05) is 12.1 Å². The maximum absolute atomic E-state index is 3.97. The molecule has 4 atom stereocenters. The number of hydrogen-bond acceptors (Lipinski definition) is 1. The van der Waals surface area contributed by atoms with E-state index in [1.807, 2.05) is 0 Å². The first-order chi connectivity index (χ1) is 8.75. The Kier molecular flexibility index (Phi) is 3.43. The third-order valence-corrected chi connectivity index (χ3v) is 5.11. The van der Waals surface area contributed by atoms with E-state index in [9.17, 15) is 0 Å².